The molecular weight excluding hydrogens is 234 g/mol. The molecule has 3 aromatic rings. The topological polar surface area (TPSA) is 51.0 Å². The molecule has 0 aliphatic rings. The Labute approximate surface area is 102 Å². The quantitative estimate of drug-likeness (QED) is 0.767. The lowest BCUT2D eigenvalue weighted by Gasteiger charge is -1.97. The van der Waals surface area contributed by atoms with Crippen LogP contribution in [0.5, 0.6) is 0 Å². The van der Waals surface area contributed by atoms with Gasteiger partial charge in [0.25, 0.3) is 0 Å². The summed E-state index contributed by atoms with van der Waals surface area (Å²) in [5.41, 5.74) is 1.97. The van der Waals surface area contributed by atoms with E-state index in [-0.39, 0.29) is 0 Å². The van der Waals surface area contributed by atoms with Crippen LogP contribution < -0.4 is 5.32 Å². The van der Waals surface area contributed by atoms with Crippen LogP contribution in [0.2, 0.25) is 0 Å². The average Bonchev–Trinajstić information content (AvgIpc) is 2.96. The van der Waals surface area contributed by atoms with Gasteiger partial charge in [0.1, 0.15) is 11.3 Å². The predicted octanol–water partition coefficient (Wildman–Crippen LogP) is 2.57. The third kappa shape index (κ3) is 2.35. The van der Waals surface area contributed by atoms with Gasteiger partial charge < -0.3 is 9.84 Å². The Morgan fingerprint density at radius 2 is 2.12 bits per heavy atom. The summed E-state index contributed by atoms with van der Waals surface area (Å²) >= 11 is 1.72. The molecule has 5 heteroatoms. The molecule has 0 spiro atoms. The van der Waals surface area contributed by atoms with E-state index in [1.54, 1.807) is 17.6 Å². The lowest BCUT2D eigenvalue weighted by Crippen LogP contribution is -2.12. The van der Waals surface area contributed by atoms with Crippen molar-refractivity contribution in [2.24, 2.45) is 0 Å². The van der Waals surface area contributed by atoms with Crippen LogP contribution in [0.4, 0.5) is 0 Å². The molecule has 4 nitrogen and oxygen atoms in total. The lowest BCUT2D eigenvalue weighted by atomic mass is 10.3. The predicted molar refractivity (Wildman–Crippen MR) is 66.7 cm³/mol. The van der Waals surface area contributed by atoms with Crippen LogP contribution in [0, 0.1) is 0 Å². The number of para-hydroxylation sites is 1. The molecule has 0 bridgehead atoms. The number of thiazole rings is 1. The Morgan fingerprint density at radius 3 is 2.94 bits per heavy atom. The van der Waals surface area contributed by atoms with Crippen LogP contribution in [0.15, 0.2) is 41.1 Å². The van der Waals surface area contributed by atoms with Crippen molar-refractivity contribution < 1.29 is 4.52 Å². The van der Waals surface area contributed by atoms with E-state index in [2.05, 4.69) is 21.5 Å². The first-order valence-electron chi connectivity index (χ1n) is 5.36. The van der Waals surface area contributed by atoms with E-state index < -0.39 is 0 Å². The molecule has 1 aromatic carbocycles. The molecule has 17 heavy (non-hydrogen) atoms. The molecule has 0 aliphatic heterocycles. The number of aromatic nitrogens is 2. The summed E-state index contributed by atoms with van der Waals surface area (Å²) in [5.74, 6) is 0. The molecule has 1 N–H and O–H groups in total. The fourth-order valence-corrected chi connectivity index (χ4v) is 2.56. The standard InChI is InChI=1S/C12H11N3OS/c1-2-4-11-10(3-1)14-12(17-11)8-13-7-9-5-6-16-15-9/h1-6,13H,7-8H2. The SMILES string of the molecule is c1ccc2sc(CNCc3ccon3)nc2c1. The Balaban J connectivity index is 1.65. The Kier molecular flexibility index (Phi) is 2.85. The zero-order valence-corrected chi connectivity index (χ0v) is 9.91. The fourth-order valence-electron chi connectivity index (χ4n) is 1.62. The number of hydrogen-bond acceptors (Lipinski definition) is 5. The maximum atomic E-state index is 4.76. The number of nitrogens with one attached hydrogen (secondary N) is 1. The van der Waals surface area contributed by atoms with Gasteiger partial charge in [0.05, 0.1) is 15.9 Å². The highest BCUT2D eigenvalue weighted by Crippen LogP contribution is 2.21. The van der Waals surface area contributed by atoms with E-state index in [1.165, 1.54) is 4.70 Å². The molecular formula is C12H11N3OS. The number of fused-ring (bicyclic) bond motifs is 1. The largest absolute Gasteiger partial charge is 0.364 e. The smallest absolute Gasteiger partial charge is 0.124 e. The van der Waals surface area contributed by atoms with Gasteiger partial charge in [-0.15, -0.1) is 11.3 Å². The fraction of sp³-hybridized carbons (Fsp3) is 0.167. The molecule has 3 rings (SSSR count). The monoisotopic (exact) mass is 245 g/mol. The van der Waals surface area contributed by atoms with Crippen molar-refractivity contribution in [1.82, 2.24) is 15.5 Å². The summed E-state index contributed by atoms with van der Waals surface area (Å²) < 4.78 is 5.99. The van der Waals surface area contributed by atoms with Gasteiger partial charge in [0.2, 0.25) is 0 Å². The van der Waals surface area contributed by atoms with Crippen LogP contribution in [-0.4, -0.2) is 10.1 Å². The van der Waals surface area contributed by atoms with Gasteiger partial charge >= 0.3 is 0 Å². The summed E-state index contributed by atoms with van der Waals surface area (Å²) in [7, 11) is 0. The van der Waals surface area contributed by atoms with Crippen LogP contribution >= 0.6 is 11.3 Å². The second-order valence-corrected chi connectivity index (χ2v) is 4.78. The number of rotatable bonds is 4. The normalized spacial score (nSPS) is 11.1. The van der Waals surface area contributed by atoms with E-state index in [1.807, 2.05) is 24.3 Å². The molecule has 86 valence electrons. The molecule has 2 aromatic heterocycles. The van der Waals surface area contributed by atoms with Gasteiger partial charge in [-0.1, -0.05) is 17.3 Å². The third-order valence-electron chi connectivity index (χ3n) is 2.41. The minimum absolute atomic E-state index is 0.701. The van der Waals surface area contributed by atoms with E-state index in [4.69, 9.17) is 4.52 Å². The first-order chi connectivity index (χ1) is 8.42. The van der Waals surface area contributed by atoms with Crippen LogP contribution in [0.1, 0.15) is 10.7 Å². The summed E-state index contributed by atoms with van der Waals surface area (Å²) in [6, 6.07) is 10.0. The molecule has 0 saturated carbocycles. The number of hydrogen-bond donors (Lipinski definition) is 1. The molecule has 0 aliphatic carbocycles. The van der Waals surface area contributed by atoms with Crippen molar-refractivity contribution in [2.75, 3.05) is 0 Å². The summed E-state index contributed by atoms with van der Waals surface area (Å²) in [6.45, 7) is 1.46. The Bertz CT molecular complexity index is 570. The van der Waals surface area contributed by atoms with Gasteiger partial charge in [0, 0.05) is 19.2 Å². The summed E-state index contributed by atoms with van der Waals surface area (Å²) in [6.07, 6.45) is 1.58. The highest BCUT2D eigenvalue weighted by Gasteiger charge is 2.03. The first kappa shape index (κ1) is 10.4. The maximum Gasteiger partial charge on any atom is 0.124 e. The Hall–Kier alpha value is -1.72. The van der Waals surface area contributed by atoms with Crippen molar-refractivity contribution in [3.05, 3.63) is 47.3 Å². The minimum atomic E-state index is 0.701. The van der Waals surface area contributed by atoms with E-state index in [0.717, 1.165) is 22.8 Å². The van der Waals surface area contributed by atoms with Crippen LogP contribution in [0.3, 0.4) is 0 Å². The van der Waals surface area contributed by atoms with E-state index in [9.17, 15) is 0 Å². The van der Waals surface area contributed by atoms with E-state index in [0.29, 0.717) is 6.54 Å². The molecule has 2 heterocycles. The highest BCUT2D eigenvalue weighted by molar-refractivity contribution is 7.18. The number of benzene rings is 1. The zero-order valence-electron chi connectivity index (χ0n) is 9.09. The van der Waals surface area contributed by atoms with Crippen molar-refractivity contribution in [3.63, 3.8) is 0 Å². The highest BCUT2D eigenvalue weighted by atomic mass is 32.1. The number of nitrogens with zero attached hydrogens (tertiary/aromatic N) is 2. The molecule has 0 fully saturated rings. The van der Waals surface area contributed by atoms with Gasteiger partial charge in [-0.25, -0.2) is 4.98 Å². The Morgan fingerprint density at radius 1 is 1.18 bits per heavy atom. The maximum absolute atomic E-state index is 4.76. The van der Waals surface area contributed by atoms with Gasteiger partial charge in [0.15, 0.2) is 0 Å². The zero-order chi connectivity index (χ0) is 11.5. The molecule has 0 saturated heterocycles. The molecule has 0 unspecified atom stereocenters. The van der Waals surface area contributed by atoms with Gasteiger partial charge in [-0.05, 0) is 12.1 Å². The van der Waals surface area contributed by atoms with Gasteiger partial charge in [-0.2, -0.15) is 0 Å². The average molecular weight is 245 g/mol. The van der Waals surface area contributed by atoms with Crippen molar-refractivity contribution in [1.29, 1.82) is 0 Å². The molecule has 0 atom stereocenters. The third-order valence-corrected chi connectivity index (χ3v) is 3.45. The first-order valence-corrected chi connectivity index (χ1v) is 6.18. The van der Waals surface area contributed by atoms with Gasteiger partial charge in [-0.3, -0.25) is 0 Å². The van der Waals surface area contributed by atoms with Crippen LogP contribution in [0.25, 0.3) is 10.2 Å². The minimum Gasteiger partial charge on any atom is -0.364 e. The summed E-state index contributed by atoms with van der Waals surface area (Å²) in [5, 5.41) is 8.22. The van der Waals surface area contributed by atoms with Crippen molar-refractivity contribution in [3.8, 4) is 0 Å². The van der Waals surface area contributed by atoms with Crippen molar-refractivity contribution in [2.45, 2.75) is 13.1 Å². The second kappa shape index (κ2) is 4.65. The van der Waals surface area contributed by atoms with Crippen LogP contribution in [-0.2, 0) is 13.1 Å². The molecule has 0 radical (unpaired) electrons. The van der Waals surface area contributed by atoms with E-state index >= 15 is 0 Å². The second-order valence-electron chi connectivity index (χ2n) is 3.67. The molecule has 0 amide bonds. The lowest BCUT2D eigenvalue weighted by molar-refractivity contribution is 0.408. The summed E-state index contributed by atoms with van der Waals surface area (Å²) in [4.78, 5) is 4.54. The van der Waals surface area contributed by atoms with Crippen molar-refractivity contribution >= 4 is 21.6 Å².